The van der Waals surface area contributed by atoms with Crippen LogP contribution in [0.15, 0.2) is 76.8 Å². The maximum absolute atomic E-state index is 13.0. The number of pyridine rings is 1. The fraction of sp³-hybridized carbons (Fsp3) is 0.333. The second-order valence-corrected chi connectivity index (χ2v) is 12.2. The molecule has 0 fully saturated rings. The maximum atomic E-state index is 13.0. The number of carbonyl (C=O) groups excluding carboxylic acids is 1. The first-order valence-electron chi connectivity index (χ1n) is 12.0. The number of halogens is 3. The Morgan fingerprint density at radius 2 is 1.84 bits per heavy atom. The van der Waals surface area contributed by atoms with E-state index in [1.165, 1.54) is 11.1 Å². The number of benzene rings is 2. The Hall–Kier alpha value is -2.85. The molecule has 4 rings (SSSR count). The molecule has 3 aromatic rings. The van der Waals surface area contributed by atoms with Crippen LogP contribution in [-0.2, 0) is 33.6 Å². The van der Waals surface area contributed by atoms with Gasteiger partial charge >= 0.3 is 6.18 Å². The lowest BCUT2D eigenvalue weighted by Gasteiger charge is -2.24. The van der Waals surface area contributed by atoms with Crippen LogP contribution in [0.1, 0.15) is 36.0 Å². The van der Waals surface area contributed by atoms with E-state index in [2.05, 4.69) is 28.5 Å². The lowest BCUT2D eigenvalue weighted by atomic mass is 9.82. The number of anilines is 1. The molecular formula is C27H27F3N2O3S2. The number of nitrogens with one attached hydrogen (secondary N) is 1. The van der Waals surface area contributed by atoms with Crippen molar-refractivity contribution in [2.75, 3.05) is 16.8 Å². The number of sulfone groups is 1. The Kier molecular flexibility index (Phi) is 8.59. The number of amides is 1. The highest BCUT2D eigenvalue weighted by atomic mass is 32.2. The van der Waals surface area contributed by atoms with Crippen molar-refractivity contribution in [1.82, 2.24) is 4.98 Å². The van der Waals surface area contributed by atoms with Crippen LogP contribution in [0, 0.1) is 5.92 Å². The van der Waals surface area contributed by atoms with Crippen molar-refractivity contribution < 1.29 is 26.4 Å². The lowest BCUT2D eigenvalue weighted by molar-refractivity contribution is -0.137. The summed E-state index contributed by atoms with van der Waals surface area (Å²) < 4.78 is 64.1. The van der Waals surface area contributed by atoms with Crippen LogP contribution in [0.25, 0.3) is 0 Å². The van der Waals surface area contributed by atoms with Gasteiger partial charge in [0.1, 0.15) is 5.03 Å². The smallest absolute Gasteiger partial charge is 0.324 e. The summed E-state index contributed by atoms with van der Waals surface area (Å²) in [4.78, 5) is 16.5. The van der Waals surface area contributed by atoms with Gasteiger partial charge in [0, 0.05) is 18.4 Å². The third-order valence-electron chi connectivity index (χ3n) is 6.39. The van der Waals surface area contributed by atoms with E-state index in [0.717, 1.165) is 55.6 Å². The summed E-state index contributed by atoms with van der Waals surface area (Å²) in [5, 5.41) is 3.34. The monoisotopic (exact) mass is 548 g/mol. The van der Waals surface area contributed by atoms with Crippen LogP contribution < -0.4 is 5.32 Å². The molecule has 0 bridgehead atoms. The Bertz CT molecular complexity index is 1360. The fourth-order valence-electron chi connectivity index (χ4n) is 4.40. The molecule has 1 heterocycles. The molecule has 37 heavy (non-hydrogen) atoms. The van der Waals surface area contributed by atoms with Crippen LogP contribution in [0.3, 0.4) is 0 Å². The quantitative estimate of drug-likeness (QED) is 0.323. The van der Waals surface area contributed by atoms with Gasteiger partial charge in [0.2, 0.25) is 5.91 Å². The molecule has 1 amide bonds. The van der Waals surface area contributed by atoms with Gasteiger partial charge in [0.05, 0.1) is 21.9 Å². The number of aryl methyl sites for hydroxylation is 1. The van der Waals surface area contributed by atoms with Gasteiger partial charge < -0.3 is 5.32 Å². The molecule has 0 radical (unpaired) electrons. The minimum absolute atomic E-state index is 0.0694. The molecular weight excluding hydrogens is 521 g/mol. The molecule has 0 saturated heterocycles. The topological polar surface area (TPSA) is 76.1 Å². The highest BCUT2D eigenvalue weighted by Crippen LogP contribution is 2.32. The van der Waals surface area contributed by atoms with E-state index >= 15 is 0 Å². The Morgan fingerprint density at radius 3 is 2.62 bits per heavy atom. The van der Waals surface area contributed by atoms with Gasteiger partial charge in [-0.3, -0.25) is 4.79 Å². The number of rotatable bonds is 9. The Morgan fingerprint density at radius 1 is 1.05 bits per heavy atom. The SMILES string of the molecule is O=C(CCC1CCc2ccccc2C1)Nc1cccnc1SCCS(=O)(=O)c1cccc(C(F)(F)F)c1. The van der Waals surface area contributed by atoms with Crippen LogP contribution >= 0.6 is 11.8 Å². The van der Waals surface area contributed by atoms with Crippen LogP contribution in [0.2, 0.25) is 0 Å². The van der Waals surface area contributed by atoms with Gasteiger partial charge in [-0.15, -0.1) is 11.8 Å². The second-order valence-electron chi connectivity index (χ2n) is 9.01. The molecule has 2 aromatic carbocycles. The van der Waals surface area contributed by atoms with Gasteiger partial charge in [0.25, 0.3) is 0 Å². The van der Waals surface area contributed by atoms with Gasteiger partial charge in [-0.1, -0.05) is 30.3 Å². The molecule has 5 nitrogen and oxygen atoms in total. The molecule has 10 heteroatoms. The zero-order chi connectivity index (χ0) is 26.5. The highest BCUT2D eigenvalue weighted by molar-refractivity contribution is 8.00. The van der Waals surface area contributed by atoms with E-state index in [1.807, 2.05) is 6.07 Å². The average Bonchev–Trinajstić information content (AvgIpc) is 2.88. The van der Waals surface area contributed by atoms with Crippen molar-refractivity contribution in [2.24, 2.45) is 5.92 Å². The molecule has 1 N–H and O–H groups in total. The van der Waals surface area contributed by atoms with Gasteiger partial charge in [0.15, 0.2) is 9.84 Å². The van der Waals surface area contributed by atoms with E-state index in [-0.39, 0.29) is 22.3 Å². The molecule has 1 unspecified atom stereocenters. The first-order chi connectivity index (χ1) is 17.6. The van der Waals surface area contributed by atoms with E-state index in [1.54, 1.807) is 18.3 Å². The summed E-state index contributed by atoms with van der Waals surface area (Å²) in [6.07, 6.45) is 1.11. The first-order valence-corrected chi connectivity index (χ1v) is 14.6. The van der Waals surface area contributed by atoms with Crippen molar-refractivity contribution in [3.63, 3.8) is 0 Å². The molecule has 1 aliphatic carbocycles. The van der Waals surface area contributed by atoms with Gasteiger partial charge in [-0.05, 0) is 73.1 Å². The number of hydrogen-bond acceptors (Lipinski definition) is 5. The predicted molar refractivity (Wildman–Crippen MR) is 138 cm³/mol. The third kappa shape index (κ3) is 7.35. The van der Waals surface area contributed by atoms with Crippen LogP contribution in [0.4, 0.5) is 18.9 Å². The van der Waals surface area contributed by atoms with Crippen LogP contribution in [0.5, 0.6) is 0 Å². The van der Waals surface area contributed by atoms with Crippen molar-refractivity contribution >= 4 is 33.2 Å². The average molecular weight is 549 g/mol. The summed E-state index contributed by atoms with van der Waals surface area (Å²) in [6, 6.07) is 15.5. The standard InChI is InChI=1S/C27H27F3N2O3S2/c28-27(29,30)22-7-3-8-23(18-22)37(34,35)16-15-36-26-24(9-4-14-31-26)32-25(33)13-11-19-10-12-20-5-1-2-6-21(20)17-19/h1-9,14,18-19H,10-13,15-17H2,(H,32,33). The minimum atomic E-state index is -4.62. The number of hydrogen-bond donors (Lipinski definition) is 1. The van der Waals surface area contributed by atoms with Gasteiger partial charge in [-0.2, -0.15) is 13.2 Å². The van der Waals surface area contributed by atoms with E-state index in [4.69, 9.17) is 0 Å². The number of alkyl halides is 3. The van der Waals surface area contributed by atoms with E-state index in [9.17, 15) is 26.4 Å². The zero-order valence-corrected chi connectivity index (χ0v) is 21.6. The molecule has 1 atom stereocenters. The Balaban J connectivity index is 1.30. The number of nitrogens with zero attached hydrogens (tertiary/aromatic N) is 1. The molecule has 0 spiro atoms. The maximum Gasteiger partial charge on any atom is 0.416 e. The number of carbonyl (C=O) groups is 1. The van der Waals surface area contributed by atoms with Gasteiger partial charge in [-0.25, -0.2) is 13.4 Å². The summed E-state index contributed by atoms with van der Waals surface area (Å²) in [7, 11) is -3.93. The van der Waals surface area contributed by atoms with Crippen molar-refractivity contribution in [1.29, 1.82) is 0 Å². The third-order valence-corrected chi connectivity index (χ3v) is 9.36. The van der Waals surface area contributed by atoms with E-state index < -0.39 is 21.6 Å². The minimum Gasteiger partial charge on any atom is -0.324 e. The number of aromatic nitrogens is 1. The summed E-state index contributed by atoms with van der Waals surface area (Å²) >= 11 is 1.13. The number of thioether (sulfide) groups is 1. The highest BCUT2D eigenvalue weighted by Gasteiger charge is 2.31. The molecule has 0 aliphatic heterocycles. The van der Waals surface area contributed by atoms with Crippen LogP contribution in [-0.4, -0.2) is 30.8 Å². The summed E-state index contributed by atoms with van der Waals surface area (Å²) in [6.45, 7) is 0. The second kappa shape index (κ2) is 11.7. The molecule has 1 aromatic heterocycles. The number of fused-ring (bicyclic) bond motifs is 1. The predicted octanol–water partition coefficient (Wildman–Crippen LogP) is 6.19. The lowest BCUT2D eigenvalue weighted by Crippen LogP contribution is -2.18. The fourth-order valence-corrected chi connectivity index (χ4v) is 7.04. The summed E-state index contributed by atoms with van der Waals surface area (Å²) in [5.41, 5.74) is 2.22. The zero-order valence-electron chi connectivity index (χ0n) is 20.0. The molecule has 1 aliphatic rings. The van der Waals surface area contributed by atoms with Crippen molar-refractivity contribution in [3.05, 3.63) is 83.6 Å². The van der Waals surface area contributed by atoms with E-state index in [0.29, 0.717) is 29.1 Å². The van der Waals surface area contributed by atoms with Crippen molar-refractivity contribution in [2.45, 2.75) is 48.2 Å². The largest absolute Gasteiger partial charge is 0.416 e. The first kappa shape index (κ1) is 27.2. The molecule has 0 saturated carbocycles. The normalized spacial score (nSPS) is 15.7. The Labute approximate surface area is 218 Å². The molecule has 196 valence electrons. The summed E-state index contributed by atoms with van der Waals surface area (Å²) in [5.74, 6) is 0.0150. The van der Waals surface area contributed by atoms with Crippen molar-refractivity contribution in [3.8, 4) is 0 Å².